The molecule has 0 spiro atoms. The number of fused-ring (bicyclic) bond motifs is 2. The van der Waals surface area contributed by atoms with Crippen LogP contribution in [0.5, 0.6) is 23.0 Å². The first-order chi connectivity index (χ1) is 17.6. The summed E-state index contributed by atoms with van der Waals surface area (Å²) in [4.78, 5) is 27.8. The molecule has 1 N–H and O–H groups in total. The van der Waals surface area contributed by atoms with E-state index in [0.29, 0.717) is 36.2 Å². The van der Waals surface area contributed by atoms with Crippen LogP contribution in [0.4, 0.5) is 4.79 Å². The van der Waals surface area contributed by atoms with Gasteiger partial charge in [0.05, 0.1) is 28.8 Å². The third-order valence-corrected chi connectivity index (χ3v) is 7.54. The second kappa shape index (κ2) is 11.4. The molecule has 2 heterocycles. The van der Waals surface area contributed by atoms with Gasteiger partial charge in [-0.05, 0) is 56.2 Å². The van der Waals surface area contributed by atoms with E-state index < -0.39 is 18.2 Å². The van der Waals surface area contributed by atoms with E-state index >= 15 is 0 Å². The standard InChI is InChI=1S/C27H31Cl2NO7/c1-14(2)12-18(31)16-8-9-19-20(23(16)34-4)26(32)35-13-17-21(28)15(3)22(29)25(24(17)36-19)37-27(33)30-10-6-5-7-11-30/h8-9,14,18,31H,5-7,10-13H2,1-4H3/t18-/m0/s1. The predicted molar refractivity (Wildman–Crippen MR) is 139 cm³/mol. The number of rotatable bonds is 5. The second-order valence-corrected chi connectivity index (χ2v) is 10.4. The van der Waals surface area contributed by atoms with Crippen LogP contribution in [0.3, 0.4) is 0 Å². The number of aliphatic hydroxyl groups is 1. The number of halogens is 2. The van der Waals surface area contributed by atoms with Crippen LogP contribution in [0.1, 0.15) is 72.7 Å². The second-order valence-electron chi connectivity index (χ2n) is 9.69. The van der Waals surface area contributed by atoms with Gasteiger partial charge < -0.3 is 29.0 Å². The minimum Gasteiger partial charge on any atom is -0.495 e. The molecule has 2 aromatic carbocycles. The summed E-state index contributed by atoms with van der Waals surface area (Å²) in [6, 6.07) is 3.18. The lowest BCUT2D eigenvalue weighted by Crippen LogP contribution is -2.37. The summed E-state index contributed by atoms with van der Waals surface area (Å²) < 4.78 is 23.1. The average Bonchev–Trinajstić information content (AvgIpc) is 2.87. The summed E-state index contributed by atoms with van der Waals surface area (Å²) in [5, 5.41) is 11.1. The normalized spacial score (nSPS) is 16.1. The van der Waals surface area contributed by atoms with Gasteiger partial charge >= 0.3 is 12.1 Å². The van der Waals surface area contributed by atoms with E-state index in [9.17, 15) is 14.7 Å². The van der Waals surface area contributed by atoms with Crippen LogP contribution in [-0.4, -0.2) is 42.3 Å². The maximum atomic E-state index is 13.2. The number of esters is 1. The summed E-state index contributed by atoms with van der Waals surface area (Å²) >= 11 is 13.2. The van der Waals surface area contributed by atoms with Crippen molar-refractivity contribution in [2.24, 2.45) is 5.92 Å². The Morgan fingerprint density at radius 3 is 2.49 bits per heavy atom. The van der Waals surface area contributed by atoms with Crippen molar-refractivity contribution in [3.8, 4) is 23.0 Å². The Hall–Kier alpha value is -2.68. The summed E-state index contributed by atoms with van der Waals surface area (Å²) in [5.41, 5.74) is 1.24. The Morgan fingerprint density at radius 2 is 1.84 bits per heavy atom. The summed E-state index contributed by atoms with van der Waals surface area (Å²) in [5.74, 6) is -0.170. The molecule has 10 heteroatoms. The molecular weight excluding hydrogens is 521 g/mol. The Labute approximate surface area is 226 Å². The molecule has 8 nitrogen and oxygen atoms in total. The number of carbonyl (C=O) groups is 2. The van der Waals surface area contributed by atoms with E-state index in [1.54, 1.807) is 24.0 Å². The minimum atomic E-state index is -0.863. The fourth-order valence-corrected chi connectivity index (χ4v) is 5.12. The van der Waals surface area contributed by atoms with Crippen LogP contribution in [0.15, 0.2) is 12.1 Å². The van der Waals surface area contributed by atoms with Crippen LogP contribution in [0.25, 0.3) is 0 Å². The van der Waals surface area contributed by atoms with E-state index in [4.69, 9.17) is 42.1 Å². The van der Waals surface area contributed by atoms with Gasteiger partial charge in [0.1, 0.15) is 23.7 Å². The smallest absolute Gasteiger partial charge is 0.415 e. The van der Waals surface area contributed by atoms with Crippen molar-refractivity contribution in [1.29, 1.82) is 0 Å². The maximum Gasteiger partial charge on any atom is 0.415 e. The topological polar surface area (TPSA) is 94.5 Å². The van der Waals surface area contributed by atoms with Gasteiger partial charge in [0.15, 0.2) is 11.5 Å². The fourth-order valence-electron chi connectivity index (χ4n) is 4.62. The monoisotopic (exact) mass is 551 g/mol. The van der Waals surface area contributed by atoms with Gasteiger partial charge in [-0.3, -0.25) is 0 Å². The maximum absolute atomic E-state index is 13.2. The number of carbonyl (C=O) groups excluding carboxylic acids is 2. The largest absolute Gasteiger partial charge is 0.495 e. The molecule has 1 fully saturated rings. The van der Waals surface area contributed by atoms with Crippen LogP contribution in [-0.2, 0) is 11.3 Å². The Kier molecular flexibility index (Phi) is 8.41. The number of cyclic esters (lactones) is 1. The zero-order valence-corrected chi connectivity index (χ0v) is 22.9. The number of hydrogen-bond acceptors (Lipinski definition) is 7. The lowest BCUT2D eigenvalue weighted by atomic mass is 9.96. The van der Waals surface area contributed by atoms with Crippen LogP contribution in [0.2, 0.25) is 10.0 Å². The zero-order chi connectivity index (χ0) is 26.9. The van der Waals surface area contributed by atoms with E-state index in [0.717, 1.165) is 19.3 Å². The summed E-state index contributed by atoms with van der Waals surface area (Å²) in [7, 11) is 1.41. The van der Waals surface area contributed by atoms with Crippen molar-refractivity contribution in [2.75, 3.05) is 20.2 Å². The minimum absolute atomic E-state index is 0.000856. The number of amides is 1. The number of hydrogen-bond donors (Lipinski definition) is 1. The molecule has 2 aliphatic rings. The first kappa shape index (κ1) is 27.4. The highest BCUT2D eigenvalue weighted by Crippen LogP contribution is 2.50. The Morgan fingerprint density at radius 1 is 1.14 bits per heavy atom. The highest BCUT2D eigenvalue weighted by atomic mass is 35.5. The lowest BCUT2D eigenvalue weighted by molar-refractivity contribution is 0.0453. The molecule has 1 atom stereocenters. The SMILES string of the molecule is COc1c([C@@H](O)CC(C)C)ccc2c1C(=O)OCc1c(Cl)c(C)c(Cl)c(OC(=O)N3CCCCC3)c1O2. The van der Waals surface area contributed by atoms with Crippen LogP contribution < -0.4 is 14.2 Å². The number of likely N-dealkylation sites (tertiary alicyclic amines) is 1. The van der Waals surface area contributed by atoms with Gasteiger partial charge in [-0.1, -0.05) is 37.0 Å². The molecule has 0 bridgehead atoms. The van der Waals surface area contributed by atoms with Crippen molar-refractivity contribution in [3.63, 3.8) is 0 Å². The molecule has 2 aromatic rings. The highest BCUT2D eigenvalue weighted by Gasteiger charge is 2.33. The van der Waals surface area contributed by atoms with Crippen molar-refractivity contribution in [1.82, 2.24) is 4.90 Å². The highest BCUT2D eigenvalue weighted by molar-refractivity contribution is 6.38. The van der Waals surface area contributed by atoms with E-state index in [1.165, 1.54) is 7.11 Å². The molecule has 1 saturated heterocycles. The van der Waals surface area contributed by atoms with E-state index in [1.807, 2.05) is 13.8 Å². The van der Waals surface area contributed by atoms with Crippen LogP contribution >= 0.6 is 23.2 Å². The first-order valence-electron chi connectivity index (χ1n) is 12.3. The van der Waals surface area contributed by atoms with E-state index in [-0.39, 0.29) is 51.1 Å². The molecule has 0 saturated carbocycles. The molecule has 2 aliphatic heterocycles. The number of aliphatic hydroxyl groups excluding tert-OH is 1. The zero-order valence-electron chi connectivity index (χ0n) is 21.4. The molecular formula is C27H31Cl2NO7. The number of piperidine rings is 1. The first-order valence-corrected chi connectivity index (χ1v) is 13.1. The van der Waals surface area contributed by atoms with Gasteiger partial charge in [-0.2, -0.15) is 0 Å². The molecule has 0 unspecified atom stereocenters. The van der Waals surface area contributed by atoms with Gasteiger partial charge in [0.2, 0.25) is 0 Å². The predicted octanol–water partition coefficient (Wildman–Crippen LogP) is 6.84. The van der Waals surface area contributed by atoms with Gasteiger partial charge in [0, 0.05) is 18.7 Å². The quantitative estimate of drug-likeness (QED) is 0.406. The summed E-state index contributed by atoms with van der Waals surface area (Å²) in [6.07, 6.45) is 1.91. The number of benzene rings is 2. The third kappa shape index (κ3) is 5.47. The third-order valence-electron chi connectivity index (χ3n) is 6.58. The summed E-state index contributed by atoms with van der Waals surface area (Å²) in [6.45, 7) is 6.58. The molecule has 0 radical (unpaired) electrons. The van der Waals surface area contributed by atoms with Gasteiger partial charge in [-0.25, -0.2) is 9.59 Å². The van der Waals surface area contributed by atoms with Crippen molar-refractivity contribution < 1.29 is 33.6 Å². The van der Waals surface area contributed by atoms with Gasteiger partial charge in [-0.15, -0.1) is 0 Å². The van der Waals surface area contributed by atoms with E-state index in [2.05, 4.69) is 0 Å². The molecule has 1 amide bonds. The molecule has 0 aromatic heterocycles. The lowest BCUT2D eigenvalue weighted by Gasteiger charge is -2.28. The number of ether oxygens (including phenoxy) is 4. The number of methoxy groups -OCH3 is 1. The number of nitrogens with zero attached hydrogens (tertiary/aromatic N) is 1. The molecule has 200 valence electrons. The Balaban J connectivity index is 1.82. The van der Waals surface area contributed by atoms with Crippen molar-refractivity contribution in [3.05, 3.63) is 44.4 Å². The average molecular weight is 552 g/mol. The Bertz CT molecular complexity index is 1210. The van der Waals surface area contributed by atoms with Gasteiger partial charge in [0.25, 0.3) is 0 Å². The van der Waals surface area contributed by atoms with Crippen LogP contribution in [0, 0.1) is 12.8 Å². The molecule has 4 rings (SSSR count). The fraction of sp³-hybridized carbons (Fsp3) is 0.481. The molecule has 0 aliphatic carbocycles. The molecule has 37 heavy (non-hydrogen) atoms. The van der Waals surface area contributed by atoms with Crippen molar-refractivity contribution in [2.45, 2.75) is 59.2 Å². The van der Waals surface area contributed by atoms with Crippen molar-refractivity contribution >= 4 is 35.3 Å².